The number of ether oxygens (including phenoxy) is 2. The highest BCUT2D eigenvalue weighted by molar-refractivity contribution is 8.32. The SMILES string of the molecule is Cc1ncc(NC(=O)OC(C)(C)C)cc1NC(=O)c1cnc2c(c1)C=C(c1cnn(C)c1)C(CCOCCS(C)(C)C)C2C. The van der Waals surface area contributed by atoms with E-state index in [4.69, 9.17) is 14.5 Å². The lowest BCUT2D eigenvalue weighted by atomic mass is 9.74. The summed E-state index contributed by atoms with van der Waals surface area (Å²) in [7, 11) is 1.32. The summed E-state index contributed by atoms with van der Waals surface area (Å²) in [4.78, 5) is 34.8. The molecule has 10 nitrogen and oxygen atoms in total. The quantitative estimate of drug-likeness (QED) is 0.248. The van der Waals surface area contributed by atoms with E-state index in [1.165, 1.54) is 11.8 Å². The highest BCUT2D eigenvalue weighted by Crippen LogP contribution is 2.44. The van der Waals surface area contributed by atoms with Crippen LogP contribution in [0.1, 0.15) is 72.9 Å². The zero-order valence-electron chi connectivity index (χ0n) is 27.4. The number of carbonyl (C=O) groups is 2. The number of carbonyl (C=O) groups excluding carboxylic acids is 2. The minimum absolute atomic E-state index is 0.126. The fraction of sp³-hybridized carbons (Fsp3) is 0.485. The average molecular weight is 623 g/mol. The van der Waals surface area contributed by atoms with Crippen molar-refractivity contribution < 1.29 is 19.1 Å². The number of nitrogens with one attached hydrogen (secondary N) is 2. The lowest BCUT2D eigenvalue weighted by Gasteiger charge is -2.31. The van der Waals surface area contributed by atoms with E-state index in [0.717, 1.165) is 35.6 Å². The van der Waals surface area contributed by atoms with Crippen molar-refractivity contribution in [1.29, 1.82) is 0 Å². The van der Waals surface area contributed by atoms with Gasteiger partial charge < -0.3 is 14.8 Å². The van der Waals surface area contributed by atoms with Gasteiger partial charge in [-0.05, 0) is 88.1 Å². The lowest BCUT2D eigenvalue weighted by molar-refractivity contribution is 0.0635. The van der Waals surface area contributed by atoms with Gasteiger partial charge in [0.1, 0.15) is 5.60 Å². The van der Waals surface area contributed by atoms with Crippen LogP contribution in [-0.4, -0.2) is 75.1 Å². The Balaban J connectivity index is 1.54. The summed E-state index contributed by atoms with van der Waals surface area (Å²) in [5.74, 6) is 1.10. The third-order valence-corrected chi connectivity index (χ3v) is 8.78. The van der Waals surface area contributed by atoms with Crippen molar-refractivity contribution in [3.05, 3.63) is 65.0 Å². The molecule has 0 fully saturated rings. The fourth-order valence-corrected chi connectivity index (χ4v) is 5.70. The van der Waals surface area contributed by atoms with Crippen LogP contribution in [0.4, 0.5) is 16.2 Å². The Morgan fingerprint density at radius 3 is 2.45 bits per heavy atom. The Bertz CT molecular complexity index is 1540. The number of hydrogen-bond acceptors (Lipinski definition) is 7. The summed E-state index contributed by atoms with van der Waals surface area (Å²) >= 11 is 0. The van der Waals surface area contributed by atoms with Gasteiger partial charge in [-0.3, -0.25) is 24.8 Å². The van der Waals surface area contributed by atoms with Gasteiger partial charge in [0.25, 0.3) is 5.91 Å². The molecule has 1 aliphatic rings. The van der Waals surface area contributed by atoms with Crippen LogP contribution in [0.25, 0.3) is 11.6 Å². The maximum atomic E-state index is 13.4. The van der Waals surface area contributed by atoms with Crippen molar-refractivity contribution in [2.24, 2.45) is 13.0 Å². The van der Waals surface area contributed by atoms with Gasteiger partial charge in [0, 0.05) is 43.3 Å². The third-order valence-electron chi connectivity index (χ3n) is 7.39. The molecule has 2 N–H and O–H groups in total. The molecule has 0 saturated heterocycles. The molecule has 0 radical (unpaired) electrons. The summed E-state index contributed by atoms with van der Waals surface area (Å²) < 4.78 is 13.2. The van der Waals surface area contributed by atoms with E-state index in [0.29, 0.717) is 29.2 Å². The number of fused-ring (bicyclic) bond motifs is 1. The highest BCUT2D eigenvalue weighted by Gasteiger charge is 2.31. The van der Waals surface area contributed by atoms with Gasteiger partial charge in [0.05, 0.1) is 47.3 Å². The predicted molar refractivity (Wildman–Crippen MR) is 180 cm³/mol. The Morgan fingerprint density at radius 2 is 1.80 bits per heavy atom. The molecule has 2 atom stereocenters. The first kappa shape index (κ1) is 33.2. The zero-order chi connectivity index (χ0) is 32.2. The summed E-state index contributed by atoms with van der Waals surface area (Å²) in [6.07, 6.45) is 16.4. The number of allylic oxidation sites excluding steroid dienone is 1. The van der Waals surface area contributed by atoms with Crippen LogP contribution in [0.15, 0.2) is 36.9 Å². The predicted octanol–water partition coefficient (Wildman–Crippen LogP) is 6.49. The minimum atomic E-state index is -0.637. The molecule has 0 spiro atoms. The van der Waals surface area contributed by atoms with Gasteiger partial charge in [-0.1, -0.05) is 6.92 Å². The molecule has 3 aromatic heterocycles. The maximum absolute atomic E-state index is 13.4. The summed E-state index contributed by atoms with van der Waals surface area (Å²) in [5, 5.41) is 10.0. The van der Waals surface area contributed by atoms with Crippen molar-refractivity contribution in [3.63, 3.8) is 0 Å². The van der Waals surface area contributed by atoms with Gasteiger partial charge in [-0.2, -0.15) is 5.10 Å². The van der Waals surface area contributed by atoms with E-state index in [9.17, 15) is 9.59 Å². The standard InChI is InChI=1S/C33H46N6O4S/c1-21-27(10-11-42-12-13-44(7,8)9)28(25-18-36-39(6)20-25)15-23-14-24(17-35-30(21)23)31(40)38-29-16-26(19-34-22(29)2)37-32(41)43-33(3,4)5/h14-21,27H,10-13H2,1-9H3,(H,37,41)(H,38,40). The highest BCUT2D eigenvalue weighted by atomic mass is 32.3. The fourth-order valence-electron chi connectivity index (χ4n) is 5.09. The molecule has 3 heterocycles. The number of aryl methyl sites for hydroxylation is 2. The topological polar surface area (TPSA) is 120 Å². The zero-order valence-corrected chi connectivity index (χ0v) is 28.2. The number of aromatic nitrogens is 4. The molecule has 238 valence electrons. The van der Waals surface area contributed by atoms with Crippen LogP contribution in [0.5, 0.6) is 0 Å². The number of anilines is 2. The Labute approximate surface area is 262 Å². The second-order valence-electron chi connectivity index (χ2n) is 13.2. The van der Waals surface area contributed by atoms with E-state index in [1.54, 1.807) is 44.6 Å². The smallest absolute Gasteiger partial charge is 0.412 e. The molecule has 0 aliphatic heterocycles. The molecule has 2 amide bonds. The molecule has 4 rings (SSSR count). The van der Waals surface area contributed by atoms with Crippen LogP contribution in [0.3, 0.4) is 0 Å². The Morgan fingerprint density at radius 1 is 1.05 bits per heavy atom. The number of hydrogen-bond donors (Lipinski definition) is 2. The monoisotopic (exact) mass is 622 g/mol. The number of rotatable bonds is 10. The molecule has 11 heteroatoms. The van der Waals surface area contributed by atoms with Crippen molar-refractivity contribution >= 4 is 45.1 Å². The molecule has 1 aliphatic carbocycles. The van der Waals surface area contributed by atoms with Gasteiger partial charge in [0.15, 0.2) is 0 Å². The molecule has 0 bridgehead atoms. The van der Waals surface area contributed by atoms with Gasteiger partial charge in [0.2, 0.25) is 0 Å². The first-order valence-corrected chi connectivity index (χ1v) is 17.8. The Kier molecular flexibility index (Phi) is 10.2. The van der Waals surface area contributed by atoms with E-state index in [2.05, 4.69) is 52.5 Å². The van der Waals surface area contributed by atoms with Gasteiger partial charge >= 0.3 is 6.09 Å². The molecule has 0 aromatic carbocycles. The van der Waals surface area contributed by atoms with Gasteiger partial charge in [-0.25, -0.2) is 14.8 Å². The summed E-state index contributed by atoms with van der Waals surface area (Å²) in [5.41, 5.74) is 5.39. The maximum Gasteiger partial charge on any atom is 0.412 e. The van der Waals surface area contributed by atoms with Crippen molar-refractivity contribution in [1.82, 2.24) is 19.7 Å². The number of nitrogens with zero attached hydrogens (tertiary/aromatic N) is 4. The second-order valence-corrected chi connectivity index (χ2v) is 17.8. The molecule has 44 heavy (non-hydrogen) atoms. The Hall–Kier alpha value is -3.70. The average Bonchev–Trinajstić information content (AvgIpc) is 3.35. The van der Waals surface area contributed by atoms with Crippen LogP contribution in [-0.2, 0) is 16.5 Å². The molecular weight excluding hydrogens is 576 g/mol. The van der Waals surface area contributed by atoms with Crippen LogP contribution in [0.2, 0.25) is 0 Å². The molecule has 2 unspecified atom stereocenters. The van der Waals surface area contributed by atoms with Crippen LogP contribution >= 0.6 is 10.0 Å². The van der Waals surface area contributed by atoms with E-state index in [1.807, 2.05) is 25.5 Å². The second kappa shape index (κ2) is 13.5. The number of pyridine rings is 2. The van der Waals surface area contributed by atoms with E-state index < -0.39 is 21.7 Å². The molecule has 0 saturated carbocycles. The lowest BCUT2D eigenvalue weighted by Crippen LogP contribution is -2.27. The first-order valence-electron chi connectivity index (χ1n) is 14.8. The van der Waals surface area contributed by atoms with Crippen molar-refractivity contribution in [3.8, 4) is 0 Å². The normalized spacial score (nSPS) is 17.0. The van der Waals surface area contributed by atoms with Crippen molar-refractivity contribution in [2.75, 3.05) is 48.4 Å². The van der Waals surface area contributed by atoms with E-state index in [-0.39, 0.29) is 17.7 Å². The summed E-state index contributed by atoms with van der Waals surface area (Å²) in [6, 6.07) is 3.54. The largest absolute Gasteiger partial charge is 0.444 e. The number of amides is 2. The van der Waals surface area contributed by atoms with Crippen LogP contribution in [0, 0.1) is 12.8 Å². The van der Waals surface area contributed by atoms with Gasteiger partial charge in [-0.15, -0.1) is 0 Å². The molecule has 3 aromatic rings. The van der Waals surface area contributed by atoms with Crippen LogP contribution < -0.4 is 10.6 Å². The summed E-state index contributed by atoms with van der Waals surface area (Å²) in [6.45, 7) is 10.8. The van der Waals surface area contributed by atoms with E-state index >= 15 is 0 Å². The first-order chi connectivity index (χ1) is 20.6. The van der Waals surface area contributed by atoms with Crippen molar-refractivity contribution in [2.45, 2.75) is 52.6 Å². The minimum Gasteiger partial charge on any atom is -0.444 e. The molecular formula is C33H46N6O4S. The third kappa shape index (κ3) is 8.92.